The Morgan fingerprint density at radius 2 is 2.20 bits per heavy atom. The standard InChI is InChI=1S/C13H21NS/c1-10-8-13(11(2)15-10)9-14-7-3-4-12-5-6-12/h8,12,14H,3-7,9H2,1-2H3. The minimum Gasteiger partial charge on any atom is -0.313 e. The van der Waals surface area contributed by atoms with E-state index in [0.29, 0.717) is 0 Å². The molecule has 1 N–H and O–H groups in total. The Morgan fingerprint density at radius 1 is 1.40 bits per heavy atom. The molecule has 0 aromatic carbocycles. The molecular formula is C13H21NS. The smallest absolute Gasteiger partial charge is 0.0216 e. The summed E-state index contributed by atoms with van der Waals surface area (Å²) in [7, 11) is 0. The number of hydrogen-bond donors (Lipinski definition) is 1. The van der Waals surface area contributed by atoms with E-state index in [9.17, 15) is 0 Å². The van der Waals surface area contributed by atoms with Gasteiger partial charge in [0.2, 0.25) is 0 Å². The van der Waals surface area contributed by atoms with E-state index in [1.54, 1.807) is 0 Å². The first-order chi connectivity index (χ1) is 7.25. The third kappa shape index (κ3) is 3.62. The first kappa shape index (κ1) is 11.2. The molecule has 0 atom stereocenters. The normalized spacial score (nSPS) is 15.9. The summed E-state index contributed by atoms with van der Waals surface area (Å²) >= 11 is 1.91. The van der Waals surface area contributed by atoms with Gasteiger partial charge in [0.05, 0.1) is 0 Å². The Labute approximate surface area is 96.9 Å². The average Bonchev–Trinajstić information content (AvgIpc) is 2.94. The second-order valence-corrected chi connectivity index (χ2v) is 6.16. The molecule has 15 heavy (non-hydrogen) atoms. The lowest BCUT2D eigenvalue weighted by molar-refractivity contribution is 0.593. The topological polar surface area (TPSA) is 12.0 Å². The van der Waals surface area contributed by atoms with Gasteiger partial charge in [0, 0.05) is 16.3 Å². The first-order valence-corrected chi connectivity index (χ1v) is 6.84. The largest absolute Gasteiger partial charge is 0.313 e. The maximum Gasteiger partial charge on any atom is 0.0216 e. The summed E-state index contributed by atoms with van der Waals surface area (Å²) < 4.78 is 0. The van der Waals surface area contributed by atoms with Gasteiger partial charge in [0.1, 0.15) is 0 Å². The Morgan fingerprint density at radius 3 is 2.80 bits per heavy atom. The van der Waals surface area contributed by atoms with E-state index in [2.05, 4.69) is 25.2 Å². The molecule has 1 aromatic rings. The summed E-state index contributed by atoms with van der Waals surface area (Å²) in [5, 5.41) is 3.55. The molecule has 1 nitrogen and oxygen atoms in total. The minimum absolute atomic E-state index is 1.06. The van der Waals surface area contributed by atoms with Crippen molar-refractivity contribution >= 4 is 11.3 Å². The van der Waals surface area contributed by atoms with Crippen LogP contribution >= 0.6 is 11.3 Å². The molecule has 1 fully saturated rings. The molecule has 0 amide bonds. The highest BCUT2D eigenvalue weighted by Gasteiger charge is 2.19. The van der Waals surface area contributed by atoms with E-state index in [0.717, 1.165) is 12.5 Å². The zero-order valence-electron chi connectivity index (χ0n) is 9.81. The molecule has 1 saturated carbocycles. The van der Waals surface area contributed by atoms with Crippen LogP contribution in [0.4, 0.5) is 0 Å². The quantitative estimate of drug-likeness (QED) is 0.726. The predicted molar refractivity (Wildman–Crippen MR) is 67.5 cm³/mol. The maximum absolute atomic E-state index is 3.55. The summed E-state index contributed by atoms with van der Waals surface area (Å²) in [5.74, 6) is 1.08. The number of rotatable bonds is 6. The van der Waals surface area contributed by atoms with Gasteiger partial charge in [-0.1, -0.05) is 12.8 Å². The number of aryl methyl sites for hydroxylation is 2. The fourth-order valence-corrected chi connectivity index (χ4v) is 2.95. The summed E-state index contributed by atoms with van der Waals surface area (Å²) in [4.78, 5) is 2.91. The lowest BCUT2D eigenvalue weighted by atomic mass is 10.2. The molecule has 0 aliphatic heterocycles. The van der Waals surface area contributed by atoms with Crippen LogP contribution in [0.5, 0.6) is 0 Å². The number of thiophene rings is 1. The van der Waals surface area contributed by atoms with E-state index in [1.807, 2.05) is 11.3 Å². The Balaban J connectivity index is 1.62. The predicted octanol–water partition coefficient (Wildman–Crippen LogP) is 3.64. The third-order valence-electron chi connectivity index (χ3n) is 3.12. The molecule has 0 unspecified atom stereocenters. The SMILES string of the molecule is Cc1cc(CNCCCC2CC2)c(C)s1. The van der Waals surface area contributed by atoms with E-state index in [4.69, 9.17) is 0 Å². The van der Waals surface area contributed by atoms with Gasteiger partial charge in [-0.15, -0.1) is 11.3 Å². The van der Waals surface area contributed by atoms with Crippen LogP contribution in [0.2, 0.25) is 0 Å². The van der Waals surface area contributed by atoms with Gasteiger partial charge in [-0.25, -0.2) is 0 Å². The summed E-state index contributed by atoms with van der Waals surface area (Å²) in [6, 6.07) is 2.31. The average molecular weight is 223 g/mol. The van der Waals surface area contributed by atoms with Crippen molar-refractivity contribution in [2.75, 3.05) is 6.54 Å². The fourth-order valence-electron chi connectivity index (χ4n) is 2.00. The minimum atomic E-state index is 1.06. The molecule has 1 aliphatic carbocycles. The number of nitrogens with one attached hydrogen (secondary N) is 1. The van der Waals surface area contributed by atoms with Gasteiger partial charge in [0.25, 0.3) is 0 Å². The molecule has 0 saturated heterocycles. The van der Waals surface area contributed by atoms with Crippen molar-refractivity contribution in [1.82, 2.24) is 5.32 Å². The summed E-state index contributed by atoms with van der Waals surface area (Å²) in [5.41, 5.74) is 1.49. The number of hydrogen-bond acceptors (Lipinski definition) is 2. The van der Waals surface area contributed by atoms with Crippen LogP contribution in [0.3, 0.4) is 0 Å². The van der Waals surface area contributed by atoms with Gasteiger partial charge in [0.15, 0.2) is 0 Å². The maximum atomic E-state index is 3.55. The second kappa shape index (κ2) is 5.13. The van der Waals surface area contributed by atoms with Gasteiger partial charge in [-0.3, -0.25) is 0 Å². The van der Waals surface area contributed by atoms with Crippen molar-refractivity contribution in [3.63, 3.8) is 0 Å². The highest BCUT2D eigenvalue weighted by Crippen LogP contribution is 2.33. The van der Waals surface area contributed by atoms with E-state index in [-0.39, 0.29) is 0 Å². The fraction of sp³-hybridized carbons (Fsp3) is 0.692. The summed E-state index contributed by atoms with van der Waals surface area (Å²) in [6.07, 6.45) is 5.77. The molecule has 0 radical (unpaired) electrons. The molecule has 1 aliphatic rings. The molecule has 1 aromatic heterocycles. The van der Waals surface area contributed by atoms with Crippen LogP contribution in [0, 0.1) is 19.8 Å². The molecule has 0 bridgehead atoms. The zero-order valence-corrected chi connectivity index (χ0v) is 10.6. The molecule has 0 spiro atoms. The highest BCUT2D eigenvalue weighted by molar-refractivity contribution is 7.12. The van der Waals surface area contributed by atoms with Crippen LogP contribution in [0.25, 0.3) is 0 Å². The molecule has 2 rings (SSSR count). The zero-order chi connectivity index (χ0) is 10.7. The molecule has 84 valence electrons. The van der Waals surface area contributed by atoms with Crippen molar-refractivity contribution in [2.45, 2.75) is 46.1 Å². The van der Waals surface area contributed by atoms with Crippen molar-refractivity contribution in [3.05, 3.63) is 21.4 Å². The van der Waals surface area contributed by atoms with Gasteiger partial charge in [-0.05, 0) is 50.8 Å². The van der Waals surface area contributed by atoms with Crippen LogP contribution in [0.1, 0.15) is 41.0 Å². The second-order valence-electron chi connectivity index (χ2n) is 4.70. The van der Waals surface area contributed by atoms with Gasteiger partial charge >= 0.3 is 0 Å². The van der Waals surface area contributed by atoms with Crippen molar-refractivity contribution in [3.8, 4) is 0 Å². The Bertz CT molecular complexity index is 312. The highest BCUT2D eigenvalue weighted by atomic mass is 32.1. The lowest BCUT2D eigenvalue weighted by Gasteiger charge is -2.03. The molecule has 2 heteroatoms. The van der Waals surface area contributed by atoms with Gasteiger partial charge < -0.3 is 5.32 Å². The monoisotopic (exact) mass is 223 g/mol. The first-order valence-electron chi connectivity index (χ1n) is 6.02. The van der Waals surface area contributed by atoms with Crippen LogP contribution < -0.4 is 5.32 Å². The van der Waals surface area contributed by atoms with Crippen molar-refractivity contribution in [2.24, 2.45) is 5.92 Å². The van der Waals surface area contributed by atoms with Crippen LogP contribution in [-0.2, 0) is 6.54 Å². The summed E-state index contributed by atoms with van der Waals surface area (Å²) in [6.45, 7) is 6.65. The Kier molecular flexibility index (Phi) is 3.81. The van der Waals surface area contributed by atoms with Crippen LogP contribution in [0.15, 0.2) is 6.07 Å². The van der Waals surface area contributed by atoms with E-state index in [1.165, 1.54) is 47.5 Å². The van der Waals surface area contributed by atoms with Gasteiger partial charge in [-0.2, -0.15) is 0 Å². The van der Waals surface area contributed by atoms with Crippen molar-refractivity contribution in [1.29, 1.82) is 0 Å². The molecule has 1 heterocycles. The van der Waals surface area contributed by atoms with E-state index < -0.39 is 0 Å². The van der Waals surface area contributed by atoms with Crippen LogP contribution in [-0.4, -0.2) is 6.54 Å². The van der Waals surface area contributed by atoms with E-state index >= 15 is 0 Å². The lowest BCUT2D eigenvalue weighted by Crippen LogP contribution is -2.14. The molecular weight excluding hydrogens is 202 g/mol. The third-order valence-corrected chi connectivity index (χ3v) is 4.13. The Hall–Kier alpha value is -0.340. The van der Waals surface area contributed by atoms with Crippen molar-refractivity contribution < 1.29 is 0 Å².